The number of hydrogen-bond acceptors (Lipinski definition) is 6. The lowest BCUT2D eigenvalue weighted by molar-refractivity contribution is 0.0986. The van der Waals surface area contributed by atoms with Crippen molar-refractivity contribution in [2.75, 3.05) is 24.7 Å². The standard InChI is InChI=1S/C17H21ClN6O/c1-4-5-11(2)13(8-19)24-10-20-14-15(21-17(18)22-16(14)24)23-6-7-25-9-12(23)3/h4-5,8,10,12,19H,6-7,9H2,1-3H3/b5-4-,13-11+,19-8?/t12-/m1/s1. The van der Waals surface area contributed by atoms with Gasteiger partial charge in [0.15, 0.2) is 17.0 Å². The van der Waals surface area contributed by atoms with E-state index in [4.69, 9.17) is 21.7 Å². The van der Waals surface area contributed by atoms with Crippen molar-refractivity contribution >= 4 is 40.5 Å². The van der Waals surface area contributed by atoms with Crippen molar-refractivity contribution in [2.24, 2.45) is 0 Å². The van der Waals surface area contributed by atoms with Crippen molar-refractivity contribution in [2.45, 2.75) is 26.8 Å². The number of anilines is 1. The lowest BCUT2D eigenvalue weighted by Crippen LogP contribution is -2.44. The van der Waals surface area contributed by atoms with Gasteiger partial charge in [0.1, 0.15) is 6.33 Å². The van der Waals surface area contributed by atoms with Crippen LogP contribution in [0.2, 0.25) is 5.28 Å². The van der Waals surface area contributed by atoms with Gasteiger partial charge in [-0.15, -0.1) is 0 Å². The number of rotatable bonds is 4. The number of fused-ring (bicyclic) bond motifs is 1. The molecule has 2 aromatic heterocycles. The number of morpholine rings is 1. The van der Waals surface area contributed by atoms with Gasteiger partial charge in [0.2, 0.25) is 5.28 Å². The first kappa shape index (κ1) is 17.6. The summed E-state index contributed by atoms with van der Waals surface area (Å²) in [6, 6.07) is 0.176. The third-order valence-electron chi connectivity index (χ3n) is 4.21. The van der Waals surface area contributed by atoms with Gasteiger partial charge in [0.05, 0.1) is 25.0 Å². The summed E-state index contributed by atoms with van der Waals surface area (Å²) in [7, 11) is 0. The first-order valence-electron chi connectivity index (χ1n) is 8.16. The molecule has 0 unspecified atom stereocenters. The van der Waals surface area contributed by atoms with Gasteiger partial charge in [-0.3, -0.25) is 4.57 Å². The Morgan fingerprint density at radius 3 is 2.92 bits per heavy atom. The highest BCUT2D eigenvalue weighted by atomic mass is 35.5. The fourth-order valence-electron chi connectivity index (χ4n) is 2.99. The summed E-state index contributed by atoms with van der Waals surface area (Å²) < 4.78 is 7.28. The Kier molecular flexibility index (Phi) is 5.15. The molecular weight excluding hydrogens is 340 g/mol. The third-order valence-corrected chi connectivity index (χ3v) is 4.38. The topological polar surface area (TPSA) is 79.9 Å². The second-order valence-electron chi connectivity index (χ2n) is 5.93. The van der Waals surface area contributed by atoms with Crippen molar-refractivity contribution in [3.63, 3.8) is 0 Å². The molecule has 1 aliphatic heterocycles. The van der Waals surface area contributed by atoms with E-state index in [9.17, 15) is 0 Å². The molecule has 8 heteroatoms. The van der Waals surface area contributed by atoms with Crippen LogP contribution >= 0.6 is 11.6 Å². The summed E-state index contributed by atoms with van der Waals surface area (Å²) in [6.45, 7) is 7.96. The van der Waals surface area contributed by atoms with Crippen LogP contribution in [-0.4, -0.2) is 51.5 Å². The average molecular weight is 361 g/mol. The zero-order valence-electron chi connectivity index (χ0n) is 14.5. The third kappa shape index (κ3) is 3.29. The van der Waals surface area contributed by atoms with Crippen molar-refractivity contribution in [1.82, 2.24) is 19.5 Å². The maximum absolute atomic E-state index is 7.79. The lowest BCUT2D eigenvalue weighted by Gasteiger charge is -2.34. The summed E-state index contributed by atoms with van der Waals surface area (Å²) in [5.41, 5.74) is 2.89. The molecule has 3 rings (SSSR count). The van der Waals surface area contributed by atoms with Gasteiger partial charge in [0.25, 0.3) is 0 Å². The van der Waals surface area contributed by atoms with Gasteiger partial charge in [0, 0.05) is 12.8 Å². The minimum Gasteiger partial charge on any atom is -0.377 e. The molecule has 132 valence electrons. The van der Waals surface area contributed by atoms with E-state index in [1.807, 2.05) is 26.0 Å². The van der Waals surface area contributed by atoms with Crippen LogP contribution in [0.4, 0.5) is 5.82 Å². The number of aromatic nitrogens is 4. The molecule has 1 atom stereocenters. The molecule has 3 heterocycles. The highest BCUT2D eigenvalue weighted by Gasteiger charge is 2.25. The van der Waals surface area contributed by atoms with Gasteiger partial charge < -0.3 is 15.0 Å². The van der Waals surface area contributed by atoms with E-state index in [-0.39, 0.29) is 11.3 Å². The predicted molar refractivity (Wildman–Crippen MR) is 100 cm³/mol. The zero-order chi connectivity index (χ0) is 18.0. The van der Waals surface area contributed by atoms with Crippen LogP contribution in [-0.2, 0) is 4.74 Å². The van der Waals surface area contributed by atoms with Crippen molar-refractivity contribution in [1.29, 1.82) is 5.41 Å². The fourth-order valence-corrected chi connectivity index (χ4v) is 3.15. The molecule has 0 amide bonds. The second-order valence-corrected chi connectivity index (χ2v) is 6.27. The van der Waals surface area contributed by atoms with E-state index in [0.29, 0.717) is 35.9 Å². The summed E-state index contributed by atoms with van der Waals surface area (Å²) in [5, 5.41) is 7.95. The van der Waals surface area contributed by atoms with E-state index in [2.05, 4.69) is 26.8 Å². The molecule has 1 saturated heterocycles. The Morgan fingerprint density at radius 2 is 2.24 bits per heavy atom. The van der Waals surface area contributed by atoms with Crippen molar-refractivity contribution in [3.8, 4) is 0 Å². The highest BCUT2D eigenvalue weighted by Crippen LogP contribution is 2.28. The number of allylic oxidation sites excluding steroid dienone is 4. The Labute approximate surface area is 151 Å². The molecule has 0 spiro atoms. The van der Waals surface area contributed by atoms with Crippen LogP contribution in [0.5, 0.6) is 0 Å². The largest absolute Gasteiger partial charge is 0.377 e. The summed E-state index contributed by atoms with van der Waals surface area (Å²) in [4.78, 5) is 15.4. The number of ether oxygens (including phenoxy) is 1. The van der Waals surface area contributed by atoms with Crippen molar-refractivity contribution in [3.05, 3.63) is 29.3 Å². The van der Waals surface area contributed by atoms with E-state index in [1.165, 1.54) is 6.21 Å². The maximum atomic E-state index is 7.79. The number of nitrogens with zero attached hydrogens (tertiary/aromatic N) is 5. The number of hydrogen-bond donors (Lipinski definition) is 1. The first-order valence-corrected chi connectivity index (χ1v) is 8.54. The minimum atomic E-state index is 0.163. The normalized spacial score (nSPS) is 19.5. The van der Waals surface area contributed by atoms with E-state index in [1.54, 1.807) is 10.9 Å². The van der Waals surface area contributed by atoms with Gasteiger partial charge in [-0.25, -0.2) is 4.98 Å². The molecule has 1 N–H and O–H groups in total. The molecule has 0 radical (unpaired) electrons. The van der Waals surface area contributed by atoms with Crippen LogP contribution < -0.4 is 4.90 Å². The van der Waals surface area contributed by atoms with E-state index in [0.717, 1.165) is 12.1 Å². The molecule has 0 saturated carbocycles. The van der Waals surface area contributed by atoms with Crippen LogP contribution in [0.25, 0.3) is 16.9 Å². The zero-order valence-corrected chi connectivity index (χ0v) is 15.3. The molecule has 2 aromatic rings. The van der Waals surface area contributed by atoms with Crippen LogP contribution in [0.3, 0.4) is 0 Å². The van der Waals surface area contributed by atoms with Crippen molar-refractivity contribution < 1.29 is 4.74 Å². The fraction of sp³-hybridized carbons (Fsp3) is 0.412. The molecular formula is C17H21ClN6O. The predicted octanol–water partition coefficient (Wildman–Crippen LogP) is 3.16. The Bertz CT molecular complexity index is 856. The van der Waals surface area contributed by atoms with Gasteiger partial charge in [-0.05, 0) is 37.9 Å². The quantitative estimate of drug-likeness (QED) is 0.514. The van der Waals surface area contributed by atoms with Gasteiger partial charge >= 0.3 is 0 Å². The number of nitrogens with one attached hydrogen (secondary N) is 1. The second kappa shape index (κ2) is 7.33. The molecule has 7 nitrogen and oxygen atoms in total. The smallest absolute Gasteiger partial charge is 0.226 e. The van der Waals surface area contributed by atoms with Gasteiger partial charge in [-0.1, -0.05) is 12.2 Å². The summed E-state index contributed by atoms with van der Waals surface area (Å²) >= 11 is 6.20. The number of halogens is 1. The first-order chi connectivity index (χ1) is 12.1. The SMILES string of the molecule is C/C=C\C(C)=C(/C=N)n1cnc2c(N3CCOC[C@H]3C)nc(Cl)nc21. The van der Waals surface area contributed by atoms with Crippen LogP contribution in [0.1, 0.15) is 20.8 Å². The highest BCUT2D eigenvalue weighted by molar-refractivity contribution is 6.28. The maximum Gasteiger partial charge on any atom is 0.226 e. The molecule has 1 fully saturated rings. The minimum absolute atomic E-state index is 0.163. The molecule has 25 heavy (non-hydrogen) atoms. The molecule has 0 bridgehead atoms. The number of imidazole rings is 1. The van der Waals surface area contributed by atoms with Gasteiger partial charge in [-0.2, -0.15) is 9.97 Å². The monoisotopic (exact) mass is 360 g/mol. The molecule has 0 aromatic carbocycles. The van der Waals surface area contributed by atoms with E-state index < -0.39 is 0 Å². The Morgan fingerprint density at radius 1 is 1.44 bits per heavy atom. The van der Waals surface area contributed by atoms with E-state index >= 15 is 0 Å². The molecule has 1 aliphatic rings. The van der Waals surface area contributed by atoms with Crippen LogP contribution in [0, 0.1) is 5.41 Å². The van der Waals surface area contributed by atoms with Crippen LogP contribution in [0.15, 0.2) is 24.1 Å². The Balaban J connectivity index is 2.19. The average Bonchev–Trinajstić information content (AvgIpc) is 2.99. The summed E-state index contributed by atoms with van der Waals surface area (Å²) in [5.74, 6) is 0.706. The lowest BCUT2D eigenvalue weighted by atomic mass is 10.2. The molecule has 0 aliphatic carbocycles. The Hall–Kier alpha value is -2.25. The summed E-state index contributed by atoms with van der Waals surface area (Å²) in [6.07, 6.45) is 6.84.